The van der Waals surface area contributed by atoms with Gasteiger partial charge in [-0.3, -0.25) is 14.4 Å². The number of allylic oxidation sites excluding steroid dienone is 8. The zero-order valence-corrected chi connectivity index (χ0v) is 36.2. The Morgan fingerprint density at radius 2 is 0.655 bits per heavy atom. The van der Waals surface area contributed by atoms with Crippen LogP contribution in [-0.2, 0) is 28.6 Å². The van der Waals surface area contributed by atoms with E-state index >= 15 is 0 Å². The van der Waals surface area contributed by atoms with Crippen LogP contribution in [0.15, 0.2) is 48.6 Å². The van der Waals surface area contributed by atoms with Crippen molar-refractivity contribution in [1.29, 1.82) is 0 Å². The van der Waals surface area contributed by atoms with E-state index < -0.39 is 6.10 Å². The van der Waals surface area contributed by atoms with Crippen LogP contribution in [0.4, 0.5) is 0 Å². The minimum atomic E-state index is -0.778. The van der Waals surface area contributed by atoms with Crippen molar-refractivity contribution in [2.24, 2.45) is 0 Å². The molecule has 1 atom stereocenters. The summed E-state index contributed by atoms with van der Waals surface area (Å²) in [6, 6.07) is 0. The SMILES string of the molecule is CCCCC/C=C\C/C=C\C/C=C\C/C=C\CCCCCC(=O)OC[C@@H](COC(=O)CCCCCCCCCCC)OC(=O)CCCCCCCCCCC. The van der Waals surface area contributed by atoms with E-state index in [0.29, 0.717) is 19.3 Å². The van der Waals surface area contributed by atoms with Gasteiger partial charge in [0.25, 0.3) is 0 Å². The van der Waals surface area contributed by atoms with Gasteiger partial charge in [0.1, 0.15) is 13.2 Å². The Morgan fingerprint density at radius 1 is 0.364 bits per heavy atom. The van der Waals surface area contributed by atoms with E-state index in [-0.39, 0.29) is 31.1 Å². The first-order valence-electron chi connectivity index (χ1n) is 23.1. The summed E-state index contributed by atoms with van der Waals surface area (Å²) >= 11 is 0. The summed E-state index contributed by atoms with van der Waals surface area (Å²) in [4.78, 5) is 37.6. The molecule has 0 rings (SSSR count). The number of unbranched alkanes of at least 4 members (excludes halogenated alkanes) is 22. The molecule has 0 aliphatic carbocycles. The topological polar surface area (TPSA) is 78.9 Å². The quantitative estimate of drug-likeness (QED) is 0.0267. The molecule has 0 heterocycles. The lowest BCUT2D eigenvalue weighted by atomic mass is 10.1. The molecule has 0 radical (unpaired) electrons. The van der Waals surface area contributed by atoms with Crippen LogP contribution in [0, 0.1) is 0 Å². The standard InChI is InChI=1S/C49H86O6/c1-4-7-10-13-16-19-20-21-22-23-24-25-26-27-28-31-33-36-39-42-48(51)54-45-46(55-49(52)43-40-37-34-30-18-15-12-9-6-3)44-53-47(50)41-38-35-32-29-17-14-11-8-5-2/h16,19,21-22,24-25,27-28,46H,4-15,17-18,20,23,26,29-45H2,1-3H3/b19-16-,22-21-,25-24-,28-27-/t46-/m1/s1. The van der Waals surface area contributed by atoms with Crippen LogP contribution in [-0.4, -0.2) is 37.2 Å². The van der Waals surface area contributed by atoms with Crippen LogP contribution in [0.5, 0.6) is 0 Å². The van der Waals surface area contributed by atoms with Gasteiger partial charge in [-0.15, -0.1) is 0 Å². The van der Waals surface area contributed by atoms with Crippen LogP contribution >= 0.6 is 0 Å². The van der Waals surface area contributed by atoms with Gasteiger partial charge in [-0.05, 0) is 64.2 Å². The molecule has 0 aromatic rings. The van der Waals surface area contributed by atoms with Gasteiger partial charge in [-0.1, -0.05) is 191 Å². The Kier molecular flexibility index (Phi) is 42.0. The summed E-state index contributed by atoms with van der Waals surface area (Å²) in [5.74, 6) is -0.919. The van der Waals surface area contributed by atoms with Crippen molar-refractivity contribution in [2.45, 2.75) is 232 Å². The second kappa shape index (κ2) is 44.1. The van der Waals surface area contributed by atoms with Gasteiger partial charge >= 0.3 is 17.9 Å². The average Bonchev–Trinajstić information content (AvgIpc) is 3.18. The van der Waals surface area contributed by atoms with E-state index in [2.05, 4.69) is 69.4 Å². The lowest BCUT2D eigenvalue weighted by Gasteiger charge is -2.18. The van der Waals surface area contributed by atoms with Crippen LogP contribution < -0.4 is 0 Å². The third-order valence-corrected chi connectivity index (χ3v) is 9.84. The Labute approximate surface area is 339 Å². The first-order valence-corrected chi connectivity index (χ1v) is 23.1. The van der Waals surface area contributed by atoms with E-state index in [1.165, 1.54) is 103 Å². The third kappa shape index (κ3) is 42.4. The number of rotatable bonds is 41. The summed E-state index contributed by atoms with van der Waals surface area (Å²) in [6.07, 6.45) is 51.0. The highest BCUT2D eigenvalue weighted by atomic mass is 16.6. The van der Waals surface area contributed by atoms with Gasteiger partial charge in [-0.2, -0.15) is 0 Å². The molecule has 0 bridgehead atoms. The molecule has 0 spiro atoms. The fraction of sp³-hybridized carbons (Fsp3) is 0.776. The summed E-state index contributed by atoms with van der Waals surface area (Å²) < 4.78 is 16.6. The average molecular weight is 771 g/mol. The van der Waals surface area contributed by atoms with Crippen molar-refractivity contribution in [3.8, 4) is 0 Å². The highest BCUT2D eigenvalue weighted by molar-refractivity contribution is 5.71. The lowest BCUT2D eigenvalue weighted by Crippen LogP contribution is -2.30. The number of carbonyl (C=O) groups excluding carboxylic acids is 3. The van der Waals surface area contributed by atoms with Gasteiger partial charge in [0, 0.05) is 19.3 Å². The first kappa shape index (κ1) is 52.4. The second-order valence-corrected chi connectivity index (χ2v) is 15.3. The second-order valence-electron chi connectivity index (χ2n) is 15.3. The molecular formula is C49H86O6. The molecule has 0 aromatic heterocycles. The zero-order valence-electron chi connectivity index (χ0n) is 36.2. The normalized spacial score (nSPS) is 12.4. The minimum Gasteiger partial charge on any atom is -0.462 e. The molecule has 0 unspecified atom stereocenters. The minimum absolute atomic E-state index is 0.0812. The van der Waals surface area contributed by atoms with E-state index in [4.69, 9.17) is 14.2 Å². The molecule has 55 heavy (non-hydrogen) atoms. The fourth-order valence-corrected chi connectivity index (χ4v) is 6.31. The smallest absolute Gasteiger partial charge is 0.306 e. The van der Waals surface area contributed by atoms with Crippen molar-refractivity contribution < 1.29 is 28.6 Å². The monoisotopic (exact) mass is 771 g/mol. The Hall–Kier alpha value is -2.63. The highest BCUT2D eigenvalue weighted by Crippen LogP contribution is 2.14. The Balaban J connectivity index is 4.34. The number of esters is 3. The van der Waals surface area contributed by atoms with E-state index in [1.807, 2.05) is 0 Å². The summed E-state index contributed by atoms with van der Waals surface area (Å²) in [5.41, 5.74) is 0. The van der Waals surface area contributed by atoms with Crippen molar-refractivity contribution >= 4 is 17.9 Å². The maximum atomic E-state index is 12.6. The number of hydrogen-bond acceptors (Lipinski definition) is 6. The molecule has 0 aliphatic rings. The van der Waals surface area contributed by atoms with Gasteiger partial charge in [0.2, 0.25) is 0 Å². The van der Waals surface area contributed by atoms with Crippen LogP contribution in [0.2, 0.25) is 0 Å². The highest BCUT2D eigenvalue weighted by Gasteiger charge is 2.19. The van der Waals surface area contributed by atoms with Gasteiger partial charge in [0.05, 0.1) is 0 Å². The van der Waals surface area contributed by atoms with Gasteiger partial charge in [-0.25, -0.2) is 0 Å². The molecule has 6 heteroatoms. The maximum Gasteiger partial charge on any atom is 0.306 e. The molecule has 0 N–H and O–H groups in total. The predicted octanol–water partition coefficient (Wildman–Crippen LogP) is 14.8. The lowest BCUT2D eigenvalue weighted by molar-refractivity contribution is -0.167. The largest absolute Gasteiger partial charge is 0.462 e. The number of hydrogen-bond donors (Lipinski definition) is 0. The van der Waals surface area contributed by atoms with Crippen LogP contribution in [0.3, 0.4) is 0 Å². The van der Waals surface area contributed by atoms with Crippen molar-refractivity contribution in [3.63, 3.8) is 0 Å². The molecule has 0 fully saturated rings. The first-order chi connectivity index (χ1) is 27.0. The molecule has 0 amide bonds. The molecule has 318 valence electrons. The number of carbonyl (C=O) groups is 3. The molecule has 0 saturated carbocycles. The molecule has 0 saturated heterocycles. The molecule has 0 aromatic carbocycles. The van der Waals surface area contributed by atoms with Crippen molar-refractivity contribution in [3.05, 3.63) is 48.6 Å². The molecule has 0 aliphatic heterocycles. The van der Waals surface area contributed by atoms with Crippen LogP contribution in [0.25, 0.3) is 0 Å². The number of ether oxygens (including phenoxy) is 3. The van der Waals surface area contributed by atoms with Crippen molar-refractivity contribution in [2.75, 3.05) is 13.2 Å². The molecular weight excluding hydrogens is 685 g/mol. The molecule has 6 nitrogen and oxygen atoms in total. The fourth-order valence-electron chi connectivity index (χ4n) is 6.31. The van der Waals surface area contributed by atoms with E-state index in [9.17, 15) is 14.4 Å². The van der Waals surface area contributed by atoms with E-state index in [1.54, 1.807) is 0 Å². The van der Waals surface area contributed by atoms with Gasteiger partial charge in [0.15, 0.2) is 6.10 Å². The predicted molar refractivity (Wildman–Crippen MR) is 233 cm³/mol. The zero-order chi connectivity index (χ0) is 40.1. The summed E-state index contributed by atoms with van der Waals surface area (Å²) in [5, 5.41) is 0. The van der Waals surface area contributed by atoms with E-state index in [0.717, 1.165) is 83.5 Å². The van der Waals surface area contributed by atoms with Gasteiger partial charge < -0.3 is 14.2 Å². The maximum absolute atomic E-state index is 12.6. The summed E-state index contributed by atoms with van der Waals surface area (Å²) in [7, 11) is 0. The van der Waals surface area contributed by atoms with Crippen LogP contribution in [0.1, 0.15) is 226 Å². The summed E-state index contributed by atoms with van der Waals surface area (Å²) in [6.45, 7) is 6.53. The third-order valence-electron chi connectivity index (χ3n) is 9.84. The van der Waals surface area contributed by atoms with Crippen molar-refractivity contribution in [1.82, 2.24) is 0 Å². The Bertz CT molecular complexity index is 980. The Morgan fingerprint density at radius 3 is 1.05 bits per heavy atom.